The van der Waals surface area contributed by atoms with Crippen molar-refractivity contribution < 1.29 is 14.5 Å². The third-order valence-corrected chi connectivity index (χ3v) is 2.10. The summed E-state index contributed by atoms with van der Waals surface area (Å²) in [6.45, 7) is 0.192. The quantitative estimate of drug-likeness (QED) is 0.445. The molecule has 1 atom stereocenters. The molecular weight excluding hydrogens is 200 g/mol. The van der Waals surface area contributed by atoms with Crippen LogP contribution in [0.4, 0.5) is 11.4 Å². The number of benzene rings is 1. The van der Waals surface area contributed by atoms with Gasteiger partial charge < -0.3 is 14.8 Å². The van der Waals surface area contributed by atoms with Gasteiger partial charge in [-0.2, -0.15) is 0 Å². The Hall–Kier alpha value is -2.11. The predicted molar refractivity (Wildman–Crippen MR) is 52.1 cm³/mol. The number of hydrogen-bond donors (Lipinski definition) is 1. The van der Waals surface area contributed by atoms with Crippen LogP contribution in [0, 0.1) is 10.1 Å². The van der Waals surface area contributed by atoms with Crippen LogP contribution in [0.2, 0.25) is 0 Å². The normalized spacial score (nSPS) is 18.3. The smallest absolute Gasteiger partial charge is 0.273 e. The Morgan fingerprint density at radius 2 is 2.40 bits per heavy atom. The van der Waals surface area contributed by atoms with E-state index in [0.717, 1.165) is 6.29 Å². The average molecular weight is 208 g/mol. The Kier molecular flexibility index (Phi) is 2.24. The van der Waals surface area contributed by atoms with Gasteiger partial charge in [-0.05, 0) is 6.07 Å². The summed E-state index contributed by atoms with van der Waals surface area (Å²) in [7, 11) is 0. The summed E-state index contributed by atoms with van der Waals surface area (Å²) in [5.74, 6) is 0.405. The zero-order chi connectivity index (χ0) is 10.8. The van der Waals surface area contributed by atoms with E-state index in [1.54, 1.807) is 0 Å². The molecule has 0 saturated carbocycles. The number of carbonyl (C=O) groups excluding carboxylic acids is 1. The van der Waals surface area contributed by atoms with Crippen molar-refractivity contribution in [2.75, 3.05) is 11.9 Å². The van der Waals surface area contributed by atoms with E-state index in [0.29, 0.717) is 11.4 Å². The number of nitro groups is 1. The van der Waals surface area contributed by atoms with Gasteiger partial charge in [0, 0.05) is 6.07 Å². The first-order chi connectivity index (χ1) is 7.20. The van der Waals surface area contributed by atoms with Crippen LogP contribution in [0.15, 0.2) is 18.2 Å². The number of nitrogens with one attached hydrogen (secondary N) is 1. The summed E-state index contributed by atoms with van der Waals surface area (Å²) in [6, 6.07) is 3.84. The van der Waals surface area contributed by atoms with E-state index in [4.69, 9.17) is 4.74 Å². The second-order valence-corrected chi connectivity index (χ2v) is 3.14. The molecule has 78 valence electrons. The van der Waals surface area contributed by atoms with Gasteiger partial charge in [-0.1, -0.05) is 0 Å². The number of fused-ring (bicyclic) bond motifs is 1. The summed E-state index contributed by atoms with van der Waals surface area (Å²) < 4.78 is 5.22. The maximum Gasteiger partial charge on any atom is 0.273 e. The SMILES string of the molecule is O=CC1COc2cc([N+](=O)[O-])ccc2N1. The maximum atomic E-state index is 10.5. The molecule has 15 heavy (non-hydrogen) atoms. The molecule has 0 fully saturated rings. The van der Waals surface area contributed by atoms with Gasteiger partial charge in [0.05, 0.1) is 16.7 Å². The van der Waals surface area contributed by atoms with E-state index in [1.165, 1.54) is 18.2 Å². The first-order valence-electron chi connectivity index (χ1n) is 4.34. The van der Waals surface area contributed by atoms with E-state index in [2.05, 4.69) is 5.32 Å². The molecule has 0 bridgehead atoms. The highest BCUT2D eigenvalue weighted by molar-refractivity contribution is 5.70. The number of rotatable bonds is 2. The second-order valence-electron chi connectivity index (χ2n) is 3.14. The van der Waals surface area contributed by atoms with Gasteiger partial charge in [-0.25, -0.2) is 0 Å². The number of nitrogens with zero attached hydrogens (tertiary/aromatic N) is 1. The zero-order valence-electron chi connectivity index (χ0n) is 7.67. The molecule has 0 radical (unpaired) electrons. The fourth-order valence-electron chi connectivity index (χ4n) is 1.36. The van der Waals surface area contributed by atoms with E-state index in [9.17, 15) is 14.9 Å². The van der Waals surface area contributed by atoms with Gasteiger partial charge in [-0.15, -0.1) is 0 Å². The lowest BCUT2D eigenvalue weighted by molar-refractivity contribution is -0.384. The van der Waals surface area contributed by atoms with Crippen LogP contribution < -0.4 is 10.1 Å². The van der Waals surface area contributed by atoms with Crippen LogP contribution in [0.3, 0.4) is 0 Å². The lowest BCUT2D eigenvalue weighted by atomic mass is 10.2. The lowest BCUT2D eigenvalue weighted by Crippen LogP contribution is -2.32. The number of nitro benzene ring substituents is 1. The Bertz CT molecular complexity index is 419. The largest absolute Gasteiger partial charge is 0.489 e. The monoisotopic (exact) mass is 208 g/mol. The highest BCUT2D eigenvalue weighted by Crippen LogP contribution is 2.32. The average Bonchev–Trinajstić information content (AvgIpc) is 2.27. The van der Waals surface area contributed by atoms with Gasteiger partial charge in [0.25, 0.3) is 5.69 Å². The minimum Gasteiger partial charge on any atom is -0.489 e. The second kappa shape index (κ2) is 3.56. The van der Waals surface area contributed by atoms with Gasteiger partial charge in [0.1, 0.15) is 24.7 Å². The van der Waals surface area contributed by atoms with Crippen molar-refractivity contribution in [3.05, 3.63) is 28.3 Å². The first-order valence-corrected chi connectivity index (χ1v) is 4.34. The maximum absolute atomic E-state index is 10.5. The van der Waals surface area contributed by atoms with Crippen LogP contribution >= 0.6 is 0 Å². The van der Waals surface area contributed by atoms with Gasteiger partial charge >= 0.3 is 0 Å². The summed E-state index contributed by atoms with van der Waals surface area (Å²) in [6.07, 6.45) is 0.740. The van der Waals surface area contributed by atoms with Gasteiger partial charge in [0.15, 0.2) is 0 Å². The molecule has 6 nitrogen and oxygen atoms in total. The summed E-state index contributed by atoms with van der Waals surface area (Å²) in [5.41, 5.74) is 0.573. The molecule has 1 heterocycles. The predicted octanol–water partition coefficient (Wildman–Crippen LogP) is 0.967. The van der Waals surface area contributed by atoms with Gasteiger partial charge in [-0.3, -0.25) is 10.1 Å². The van der Waals surface area contributed by atoms with Crippen LogP contribution in [0.25, 0.3) is 0 Å². The first kappa shape index (κ1) is 9.45. The van der Waals surface area contributed by atoms with Crippen molar-refractivity contribution in [1.82, 2.24) is 0 Å². The molecule has 0 aromatic heterocycles. The molecule has 0 aliphatic carbocycles. The molecule has 1 aliphatic rings. The molecule has 0 saturated heterocycles. The molecule has 1 aromatic rings. The highest BCUT2D eigenvalue weighted by atomic mass is 16.6. The number of hydrogen-bond acceptors (Lipinski definition) is 5. The Balaban J connectivity index is 2.32. The van der Waals surface area contributed by atoms with Crippen molar-refractivity contribution in [3.63, 3.8) is 0 Å². The number of carbonyl (C=O) groups is 1. The Morgan fingerprint density at radius 1 is 1.60 bits per heavy atom. The van der Waals surface area contributed by atoms with Crippen LogP contribution in [0.5, 0.6) is 5.75 Å². The Morgan fingerprint density at radius 3 is 3.07 bits per heavy atom. The Labute approximate surface area is 85.0 Å². The third-order valence-electron chi connectivity index (χ3n) is 2.10. The number of anilines is 1. The zero-order valence-corrected chi connectivity index (χ0v) is 7.67. The van der Waals surface area contributed by atoms with Crippen LogP contribution in [-0.4, -0.2) is 23.9 Å². The number of non-ortho nitro benzene ring substituents is 1. The fourth-order valence-corrected chi connectivity index (χ4v) is 1.36. The molecule has 2 rings (SSSR count). The van der Waals surface area contributed by atoms with E-state index in [1.807, 2.05) is 0 Å². The highest BCUT2D eigenvalue weighted by Gasteiger charge is 2.20. The number of aldehydes is 1. The summed E-state index contributed by atoms with van der Waals surface area (Å²) in [5, 5.41) is 13.4. The molecular formula is C9H8N2O4. The topological polar surface area (TPSA) is 81.5 Å². The van der Waals surface area contributed by atoms with Crippen molar-refractivity contribution in [3.8, 4) is 5.75 Å². The third kappa shape index (κ3) is 1.74. The van der Waals surface area contributed by atoms with E-state index < -0.39 is 4.92 Å². The molecule has 0 amide bonds. The minimum absolute atomic E-state index is 0.0277. The molecule has 1 aliphatic heterocycles. The molecule has 0 spiro atoms. The standard InChI is InChI=1S/C9H8N2O4/c12-4-6-5-15-9-3-7(11(13)14)1-2-8(9)10-6/h1-4,6,10H,5H2. The van der Waals surface area contributed by atoms with Crippen molar-refractivity contribution in [2.24, 2.45) is 0 Å². The van der Waals surface area contributed by atoms with Crippen LogP contribution in [-0.2, 0) is 4.79 Å². The van der Waals surface area contributed by atoms with E-state index in [-0.39, 0.29) is 18.3 Å². The number of ether oxygens (including phenoxy) is 1. The lowest BCUT2D eigenvalue weighted by Gasteiger charge is -2.23. The van der Waals surface area contributed by atoms with E-state index >= 15 is 0 Å². The van der Waals surface area contributed by atoms with Crippen molar-refractivity contribution >= 4 is 17.7 Å². The van der Waals surface area contributed by atoms with Crippen LogP contribution in [0.1, 0.15) is 0 Å². The summed E-state index contributed by atoms with van der Waals surface area (Å²) >= 11 is 0. The molecule has 6 heteroatoms. The van der Waals surface area contributed by atoms with Crippen molar-refractivity contribution in [1.29, 1.82) is 0 Å². The van der Waals surface area contributed by atoms with Crippen molar-refractivity contribution in [2.45, 2.75) is 6.04 Å². The minimum atomic E-state index is -0.491. The fraction of sp³-hybridized carbons (Fsp3) is 0.222. The van der Waals surface area contributed by atoms with Gasteiger partial charge in [0.2, 0.25) is 0 Å². The molecule has 1 aromatic carbocycles. The summed E-state index contributed by atoms with van der Waals surface area (Å²) in [4.78, 5) is 20.5. The molecule has 1 N–H and O–H groups in total. The molecule has 1 unspecified atom stereocenters.